The fourth-order valence-corrected chi connectivity index (χ4v) is 13.7. The van der Waals surface area contributed by atoms with Gasteiger partial charge in [-0.2, -0.15) is 24.9 Å². The minimum atomic E-state index is -0.921. The highest BCUT2D eigenvalue weighted by Crippen LogP contribution is 2.34. The van der Waals surface area contributed by atoms with Crippen molar-refractivity contribution in [1.82, 2.24) is 83.5 Å². The summed E-state index contributed by atoms with van der Waals surface area (Å²) in [7, 11) is 4.87. The predicted molar refractivity (Wildman–Crippen MR) is 436 cm³/mol. The molecule has 28 heteroatoms. The number of nitrogens with zero attached hydrogens (tertiary/aromatic N) is 17. The smallest absolute Gasteiger partial charge is 0.178 e. The molecule has 0 bridgehead atoms. The number of rotatable bonds is 19. The lowest BCUT2D eigenvalue weighted by Crippen LogP contribution is -2.06. The molecule has 20 rings (SSSR count). The Balaban J connectivity index is 0.000000111. The third-order valence-corrected chi connectivity index (χ3v) is 19.7. The molecule has 0 saturated carbocycles. The molecule has 570 valence electrons. The summed E-state index contributed by atoms with van der Waals surface area (Å²) in [5.41, 5.74) is 15.8. The maximum Gasteiger partial charge on any atom is 0.178 e. The zero-order valence-corrected chi connectivity index (χ0v) is 62.9. The fourth-order valence-electron chi connectivity index (χ4n) is 12.8. The summed E-state index contributed by atoms with van der Waals surface area (Å²) in [6, 6.07) is 71.7. The van der Waals surface area contributed by atoms with Crippen LogP contribution in [0.2, 0.25) is 0 Å². The van der Waals surface area contributed by atoms with Crippen LogP contribution in [0.15, 0.2) is 285 Å². The van der Waals surface area contributed by atoms with E-state index >= 15 is 0 Å². The van der Waals surface area contributed by atoms with Gasteiger partial charge in [-0.25, -0.2) is 41.7 Å². The maximum absolute atomic E-state index is 13.6. The Kier molecular flexibility index (Phi) is 21.1. The molecule has 0 saturated heterocycles. The van der Waals surface area contributed by atoms with Crippen molar-refractivity contribution in [3.05, 3.63) is 326 Å². The molecule has 13 aromatic heterocycles. The molecule has 1 N–H and O–H groups in total. The van der Waals surface area contributed by atoms with Gasteiger partial charge in [0.25, 0.3) is 0 Å². The summed E-state index contributed by atoms with van der Waals surface area (Å²) in [5, 5.41) is 35.3. The van der Waals surface area contributed by atoms with Crippen molar-refractivity contribution in [1.29, 1.82) is 0 Å². The lowest BCUT2D eigenvalue weighted by molar-refractivity contribution is 0.302. The molecule has 7 aromatic carbocycles. The summed E-state index contributed by atoms with van der Waals surface area (Å²) in [4.78, 5) is 30.7. The average molecular weight is 1560 g/mol. The number of imidazole rings is 3. The molecule has 0 aliphatic carbocycles. The molecule has 0 atom stereocenters. The van der Waals surface area contributed by atoms with E-state index < -0.39 is 11.6 Å². The van der Waals surface area contributed by atoms with Gasteiger partial charge in [0.15, 0.2) is 40.0 Å². The molecule has 13 heterocycles. The first-order valence-corrected chi connectivity index (χ1v) is 37.2. The first-order chi connectivity index (χ1) is 57.0. The van der Waals surface area contributed by atoms with Crippen molar-refractivity contribution in [3.63, 3.8) is 0 Å². The molecule has 0 radical (unpaired) electrons. The van der Waals surface area contributed by atoms with Crippen LogP contribution in [-0.4, -0.2) is 105 Å². The van der Waals surface area contributed by atoms with E-state index in [1.54, 1.807) is 108 Å². The number of aromatic nitrogens is 17. The van der Waals surface area contributed by atoms with E-state index in [0.717, 1.165) is 129 Å². The van der Waals surface area contributed by atoms with E-state index in [-0.39, 0.29) is 19.0 Å². The number of halogens is 3. The Bertz CT molecular complexity index is 6930. The van der Waals surface area contributed by atoms with Crippen LogP contribution in [0, 0.1) is 17.5 Å². The van der Waals surface area contributed by atoms with Crippen LogP contribution < -0.4 is 33.7 Å². The minimum Gasteiger partial charge on any atom is -0.497 e. The number of ether oxygens (including phenoxy) is 6. The number of thiophene rings is 1. The Morgan fingerprint density at radius 2 is 0.784 bits per heavy atom. The fraction of sp³-hybridized carbons (Fsp3) is 0.0795. The van der Waals surface area contributed by atoms with Crippen LogP contribution in [0.1, 0.15) is 22.9 Å². The van der Waals surface area contributed by atoms with E-state index in [2.05, 4.69) is 60.6 Å². The molecule has 24 nitrogen and oxygen atoms in total. The second-order valence-electron chi connectivity index (χ2n) is 26.0. The lowest BCUT2D eigenvalue weighted by atomic mass is 10.1. The van der Waals surface area contributed by atoms with Crippen LogP contribution in [0.25, 0.3) is 111 Å². The molecule has 116 heavy (non-hydrogen) atoms. The topological polar surface area (TPSA) is 253 Å². The molecule has 0 aliphatic rings. The molecule has 20 aromatic rings. The SMILES string of the molecule is COc1ccc2c(OCc3cnc4ccc(-c5ccc(F)c(F)c5)nn34)ccnc2c1.COc1ccc2c(OCc3cnc4ccc(-c5cccc(F)c5)nn34)ccnc2c1.COc1ccc2c(OCc3cnc4ccc(-c5ccccc5)nn34)ccnc2c1.c1ccc(-c2ccc3nnc(CNc4ccnc5ccsc45)n3n2)cc1. The summed E-state index contributed by atoms with van der Waals surface area (Å²) in [6.07, 6.45) is 12.1. The van der Waals surface area contributed by atoms with Gasteiger partial charge in [0.1, 0.15) is 77.2 Å². The van der Waals surface area contributed by atoms with Gasteiger partial charge in [-0.05, 0) is 151 Å². The number of pyridine rings is 4. The zero-order valence-electron chi connectivity index (χ0n) is 62.1. The standard InChI is InChI=1S/C23H16F2N4O2.C23H17FN4O2.C23H18N4O2.C19H14N6S/c1-30-16-3-4-17-21(11-16)26-9-8-22(17)31-13-15-12-27-23-7-6-20(28-29(15)23)14-2-5-18(24)19(25)10-14;1-29-18-5-6-19-21(12-18)25-10-9-22(19)30-14-17-13-26-23-8-7-20(27-28(17)23)15-3-2-4-16(24)11-15;1-28-18-7-8-19-21(13-18)24-12-11-22(19)29-15-17-14-25-23-10-9-20(26-27(17)23)16-5-3-2-4-6-16;1-2-4-13(5-3-1)14-6-7-17-22-23-18(25(17)24-14)12-21-15-8-10-20-16-9-11-26-19(15)16/h2-12H,13H2,1H3;2-13H,14H2,1H3;2-14H,15H2,1H3;1-11H,12H2,(H,20,21). The van der Waals surface area contributed by atoms with Gasteiger partial charge in [-0.15, -0.1) is 21.5 Å². The summed E-state index contributed by atoms with van der Waals surface area (Å²) in [6.45, 7) is 1.35. The third-order valence-electron chi connectivity index (χ3n) is 18.7. The van der Waals surface area contributed by atoms with Crippen molar-refractivity contribution in [2.45, 2.75) is 26.4 Å². The number of hydrogen-bond donors (Lipinski definition) is 1. The van der Waals surface area contributed by atoms with Gasteiger partial charge in [-0.3, -0.25) is 19.9 Å². The van der Waals surface area contributed by atoms with E-state index in [9.17, 15) is 13.2 Å². The van der Waals surface area contributed by atoms with Crippen molar-refractivity contribution < 1.29 is 41.6 Å². The van der Waals surface area contributed by atoms with Crippen molar-refractivity contribution in [2.24, 2.45) is 0 Å². The Labute approximate surface area is 662 Å². The highest BCUT2D eigenvalue weighted by Gasteiger charge is 2.18. The Hall–Kier alpha value is -15.3. The number of hydrogen-bond acceptors (Lipinski definition) is 21. The van der Waals surface area contributed by atoms with Crippen molar-refractivity contribution in [3.8, 4) is 79.5 Å². The second kappa shape index (κ2) is 33.3. The van der Waals surface area contributed by atoms with E-state index in [1.807, 2.05) is 198 Å². The highest BCUT2D eigenvalue weighted by atomic mass is 32.1. The maximum atomic E-state index is 13.6. The number of anilines is 1. The van der Waals surface area contributed by atoms with Gasteiger partial charge in [0, 0.05) is 81.4 Å². The van der Waals surface area contributed by atoms with Crippen LogP contribution in [-0.2, 0) is 26.4 Å². The van der Waals surface area contributed by atoms with Gasteiger partial charge >= 0.3 is 0 Å². The van der Waals surface area contributed by atoms with Crippen LogP contribution in [0.3, 0.4) is 0 Å². The molecule has 0 unspecified atom stereocenters. The average Bonchev–Trinajstić information content (AvgIpc) is 1.55. The first-order valence-electron chi connectivity index (χ1n) is 36.3. The summed E-state index contributed by atoms with van der Waals surface area (Å²) < 4.78 is 82.6. The minimum absolute atomic E-state index is 0.209. The van der Waals surface area contributed by atoms with Crippen LogP contribution >= 0.6 is 11.3 Å². The molecular formula is C88H65F3N18O6S. The van der Waals surface area contributed by atoms with Gasteiger partial charge < -0.3 is 33.7 Å². The van der Waals surface area contributed by atoms with Crippen molar-refractivity contribution >= 4 is 82.5 Å². The summed E-state index contributed by atoms with van der Waals surface area (Å²) >= 11 is 1.67. The molecule has 0 aliphatic heterocycles. The second-order valence-corrected chi connectivity index (χ2v) is 26.9. The monoisotopic (exact) mass is 1560 g/mol. The lowest BCUT2D eigenvalue weighted by Gasteiger charge is -2.10. The number of methoxy groups -OCH3 is 3. The van der Waals surface area contributed by atoms with E-state index in [0.29, 0.717) is 69.9 Å². The first kappa shape index (κ1) is 73.5. The summed E-state index contributed by atoms with van der Waals surface area (Å²) in [5.74, 6) is 2.99. The largest absolute Gasteiger partial charge is 0.497 e. The highest BCUT2D eigenvalue weighted by molar-refractivity contribution is 7.17. The van der Waals surface area contributed by atoms with Crippen LogP contribution in [0.5, 0.6) is 34.5 Å². The predicted octanol–water partition coefficient (Wildman–Crippen LogP) is 18.0. The van der Waals surface area contributed by atoms with Gasteiger partial charge in [0.05, 0.1) is 102 Å². The van der Waals surface area contributed by atoms with Gasteiger partial charge in [-0.1, -0.05) is 72.8 Å². The normalized spacial score (nSPS) is 11.2. The number of nitrogens with one attached hydrogen (secondary N) is 1. The molecule has 0 spiro atoms. The number of fused-ring (bicyclic) bond motifs is 8. The van der Waals surface area contributed by atoms with Crippen molar-refractivity contribution in [2.75, 3.05) is 26.6 Å². The number of benzene rings is 7. The van der Waals surface area contributed by atoms with E-state index in [4.69, 9.17) is 38.6 Å². The molecule has 0 amide bonds. The molecule has 0 fully saturated rings. The zero-order chi connectivity index (χ0) is 78.9. The van der Waals surface area contributed by atoms with Crippen LogP contribution in [0.4, 0.5) is 18.9 Å². The van der Waals surface area contributed by atoms with Gasteiger partial charge in [0.2, 0.25) is 0 Å². The Morgan fingerprint density at radius 3 is 1.25 bits per heavy atom. The third kappa shape index (κ3) is 16.0. The molecular weight excluding hydrogens is 1490 g/mol. The quantitative estimate of drug-likeness (QED) is 0.0789. The van der Waals surface area contributed by atoms with E-state index in [1.165, 1.54) is 18.2 Å². The Morgan fingerprint density at radius 1 is 0.353 bits per heavy atom.